The first kappa shape index (κ1) is 12.8. The minimum atomic E-state index is 0.0671. The molecular formula is C13H11IN2O2. The van der Waals surface area contributed by atoms with Crippen molar-refractivity contribution in [1.29, 1.82) is 5.26 Å². The van der Waals surface area contributed by atoms with Crippen LogP contribution in [0, 0.1) is 15.1 Å². The van der Waals surface area contributed by atoms with Crippen LogP contribution in [0.3, 0.4) is 0 Å². The number of rotatable bonds is 5. The summed E-state index contributed by atoms with van der Waals surface area (Å²) in [5.41, 5.74) is 0.978. The van der Waals surface area contributed by atoms with E-state index in [2.05, 4.69) is 27.9 Å². The summed E-state index contributed by atoms with van der Waals surface area (Å²) in [7, 11) is 0. The van der Waals surface area contributed by atoms with E-state index in [9.17, 15) is 0 Å². The molecule has 1 heterocycles. The topological polar surface area (TPSA) is 58.2 Å². The van der Waals surface area contributed by atoms with Crippen molar-refractivity contribution in [2.24, 2.45) is 0 Å². The average Bonchev–Trinajstić information content (AvgIpc) is 2.81. The van der Waals surface area contributed by atoms with Gasteiger partial charge in [0, 0.05) is 5.69 Å². The normalized spacial score (nSPS) is 9.78. The van der Waals surface area contributed by atoms with Crippen LogP contribution >= 0.6 is 22.6 Å². The minimum absolute atomic E-state index is 0.0671. The quantitative estimate of drug-likeness (QED) is 0.837. The Morgan fingerprint density at radius 3 is 2.61 bits per heavy atom. The van der Waals surface area contributed by atoms with Crippen molar-refractivity contribution in [2.75, 3.05) is 11.9 Å². The maximum absolute atomic E-state index is 8.40. The van der Waals surface area contributed by atoms with Crippen LogP contribution in [0.4, 0.5) is 5.69 Å². The second-order valence-electron chi connectivity index (χ2n) is 3.53. The Kier molecular flexibility index (Phi) is 4.47. The Bertz CT molecular complexity index is 543. The van der Waals surface area contributed by atoms with Gasteiger partial charge in [-0.1, -0.05) is 0 Å². The second kappa shape index (κ2) is 6.31. The smallest absolute Gasteiger partial charge is 0.174 e. The van der Waals surface area contributed by atoms with Crippen molar-refractivity contribution in [3.63, 3.8) is 0 Å². The van der Waals surface area contributed by atoms with E-state index < -0.39 is 0 Å². The molecule has 18 heavy (non-hydrogen) atoms. The van der Waals surface area contributed by atoms with Crippen molar-refractivity contribution in [2.45, 2.75) is 6.54 Å². The van der Waals surface area contributed by atoms with E-state index >= 15 is 0 Å². The fourth-order valence-electron chi connectivity index (χ4n) is 1.42. The highest BCUT2D eigenvalue weighted by atomic mass is 127. The van der Waals surface area contributed by atoms with Gasteiger partial charge >= 0.3 is 0 Å². The summed E-state index contributed by atoms with van der Waals surface area (Å²) in [6.45, 7) is 0.707. The first-order valence-corrected chi connectivity index (χ1v) is 6.44. The average molecular weight is 354 g/mol. The van der Waals surface area contributed by atoms with E-state index in [1.165, 1.54) is 0 Å². The first-order valence-electron chi connectivity index (χ1n) is 5.36. The zero-order chi connectivity index (χ0) is 12.8. The van der Waals surface area contributed by atoms with Gasteiger partial charge in [0.2, 0.25) is 0 Å². The highest BCUT2D eigenvalue weighted by molar-refractivity contribution is 14.1. The minimum Gasteiger partial charge on any atom is -0.479 e. The maximum atomic E-state index is 8.40. The predicted molar refractivity (Wildman–Crippen MR) is 76.3 cm³/mol. The van der Waals surface area contributed by atoms with Crippen LogP contribution < -0.4 is 10.1 Å². The summed E-state index contributed by atoms with van der Waals surface area (Å²) in [4.78, 5) is 0. The van der Waals surface area contributed by atoms with Crippen molar-refractivity contribution < 1.29 is 9.15 Å². The van der Waals surface area contributed by atoms with Gasteiger partial charge in [0.1, 0.15) is 17.6 Å². The second-order valence-corrected chi connectivity index (χ2v) is 4.59. The molecular weight excluding hydrogens is 343 g/mol. The highest BCUT2D eigenvalue weighted by Gasteiger charge is 1.99. The summed E-state index contributed by atoms with van der Waals surface area (Å²) in [6.07, 6.45) is 0. The molecule has 0 spiro atoms. The van der Waals surface area contributed by atoms with Gasteiger partial charge in [0.05, 0.1) is 6.54 Å². The number of halogens is 1. The summed E-state index contributed by atoms with van der Waals surface area (Å²) >= 11 is 2.13. The van der Waals surface area contributed by atoms with Gasteiger partial charge in [-0.2, -0.15) is 5.26 Å². The van der Waals surface area contributed by atoms with E-state index in [1.54, 1.807) is 0 Å². The molecule has 2 aromatic rings. The van der Waals surface area contributed by atoms with Crippen LogP contribution in [0.15, 0.2) is 40.8 Å². The van der Waals surface area contributed by atoms with Crippen molar-refractivity contribution in [3.05, 3.63) is 45.9 Å². The van der Waals surface area contributed by atoms with E-state index in [1.807, 2.05) is 42.5 Å². The number of hydrogen-bond acceptors (Lipinski definition) is 4. The van der Waals surface area contributed by atoms with Gasteiger partial charge in [-0.25, -0.2) is 0 Å². The molecule has 0 fully saturated rings. The van der Waals surface area contributed by atoms with E-state index in [4.69, 9.17) is 14.4 Å². The van der Waals surface area contributed by atoms with Gasteiger partial charge in [-0.15, -0.1) is 0 Å². The Morgan fingerprint density at radius 2 is 2.00 bits per heavy atom. The molecule has 0 amide bonds. The van der Waals surface area contributed by atoms with Crippen LogP contribution in [-0.2, 0) is 6.54 Å². The molecule has 0 atom stereocenters. The SMILES string of the molecule is N#CCOc1ccc(NCc2ccc(I)o2)cc1. The molecule has 1 N–H and O–H groups in total. The number of ether oxygens (including phenoxy) is 1. The fourth-order valence-corrected chi connectivity index (χ4v) is 1.88. The third-order valence-corrected chi connectivity index (χ3v) is 2.83. The Hall–Kier alpha value is -1.68. The predicted octanol–water partition coefficient (Wildman–Crippen LogP) is 3.40. The molecule has 1 aromatic carbocycles. The lowest BCUT2D eigenvalue weighted by atomic mass is 10.3. The third kappa shape index (κ3) is 3.67. The number of nitriles is 1. The van der Waals surface area contributed by atoms with Gasteiger partial charge in [0.15, 0.2) is 10.4 Å². The zero-order valence-electron chi connectivity index (χ0n) is 9.52. The molecule has 5 heteroatoms. The first-order chi connectivity index (χ1) is 8.78. The molecule has 0 aliphatic rings. The Balaban J connectivity index is 1.88. The standard InChI is InChI=1S/C13H11IN2O2/c14-13-6-5-12(18-13)9-16-10-1-3-11(4-2-10)17-8-7-15/h1-6,16H,8-9H2. The van der Waals surface area contributed by atoms with Crippen molar-refractivity contribution in [3.8, 4) is 11.8 Å². The molecule has 0 unspecified atom stereocenters. The lowest BCUT2D eigenvalue weighted by Crippen LogP contribution is -1.98. The maximum Gasteiger partial charge on any atom is 0.174 e. The number of furan rings is 1. The summed E-state index contributed by atoms with van der Waals surface area (Å²) in [5, 5.41) is 11.6. The summed E-state index contributed by atoms with van der Waals surface area (Å²) in [6, 6.07) is 13.3. The molecule has 0 saturated carbocycles. The Morgan fingerprint density at radius 1 is 1.22 bits per heavy atom. The number of nitrogens with one attached hydrogen (secondary N) is 1. The lowest BCUT2D eigenvalue weighted by molar-refractivity contribution is 0.368. The number of anilines is 1. The van der Waals surface area contributed by atoms with Gasteiger partial charge in [0.25, 0.3) is 0 Å². The van der Waals surface area contributed by atoms with Crippen LogP contribution in [0.5, 0.6) is 5.75 Å². The summed E-state index contributed by atoms with van der Waals surface area (Å²) in [5.74, 6) is 1.58. The molecule has 2 rings (SSSR count). The van der Waals surface area contributed by atoms with Crippen molar-refractivity contribution >= 4 is 28.3 Å². The number of benzene rings is 1. The molecule has 1 aromatic heterocycles. The van der Waals surface area contributed by atoms with Crippen LogP contribution in [0.25, 0.3) is 0 Å². The largest absolute Gasteiger partial charge is 0.479 e. The highest BCUT2D eigenvalue weighted by Crippen LogP contribution is 2.17. The van der Waals surface area contributed by atoms with Crippen LogP contribution in [0.1, 0.15) is 5.76 Å². The van der Waals surface area contributed by atoms with Crippen LogP contribution in [-0.4, -0.2) is 6.61 Å². The zero-order valence-corrected chi connectivity index (χ0v) is 11.7. The molecule has 0 radical (unpaired) electrons. The monoisotopic (exact) mass is 354 g/mol. The molecule has 0 aliphatic heterocycles. The van der Waals surface area contributed by atoms with E-state index in [-0.39, 0.29) is 6.61 Å². The van der Waals surface area contributed by atoms with E-state index in [0.29, 0.717) is 12.3 Å². The molecule has 0 aliphatic carbocycles. The van der Waals surface area contributed by atoms with Gasteiger partial charge < -0.3 is 14.5 Å². The Labute approximate surface area is 119 Å². The van der Waals surface area contributed by atoms with Gasteiger partial charge in [-0.05, 0) is 59.0 Å². The fraction of sp³-hybridized carbons (Fsp3) is 0.154. The van der Waals surface area contributed by atoms with Gasteiger partial charge in [-0.3, -0.25) is 0 Å². The van der Waals surface area contributed by atoms with Crippen LogP contribution in [0.2, 0.25) is 0 Å². The summed E-state index contributed by atoms with van der Waals surface area (Å²) < 4.78 is 11.5. The molecule has 0 saturated heterocycles. The van der Waals surface area contributed by atoms with E-state index in [0.717, 1.165) is 15.2 Å². The number of hydrogen-bond donors (Lipinski definition) is 1. The van der Waals surface area contributed by atoms with Crippen molar-refractivity contribution in [1.82, 2.24) is 0 Å². The lowest BCUT2D eigenvalue weighted by Gasteiger charge is -2.06. The molecule has 4 nitrogen and oxygen atoms in total. The molecule has 0 bridgehead atoms. The number of nitrogens with zero attached hydrogens (tertiary/aromatic N) is 1. The third-order valence-electron chi connectivity index (χ3n) is 2.25. The molecule has 92 valence electrons.